The number of methoxy groups -OCH3 is 1. The Morgan fingerprint density at radius 2 is 1.97 bits per heavy atom. The average molecular weight is 414 g/mol. The molecule has 0 saturated carbocycles. The normalized spacial score (nSPS) is 16.2. The number of halogens is 1. The van der Waals surface area contributed by atoms with E-state index < -0.39 is 0 Å². The number of hydrogen-bond acceptors (Lipinski definition) is 6. The third kappa shape index (κ3) is 4.41. The maximum Gasteiger partial charge on any atom is 0.255 e. The van der Waals surface area contributed by atoms with E-state index in [-0.39, 0.29) is 24.0 Å². The summed E-state index contributed by atoms with van der Waals surface area (Å²) in [6, 6.07) is 13.5. The zero-order valence-corrected chi connectivity index (χ0v) is 17.2. The van der Waals surface area contributed by atoms with Gasteiger partial charge in [-0.1, -0.05) is 12.1 Å². The summed E-state index contributed by atoms with van der Waals surface area (Å²) in [5.74, 6) is 1.51. The Morgan fingerprint density at radius 1 is 1.17 bits per heavy atom. The fourth-order valence-electron chi connectivity index (χ4n) is 3.49. The van der Waals surface area contributed by atoms with Gasteiger partial charge in [-0.25, -0.2) is 4.98 Å². The Bertz CT molecular complexity index is 1030. The Morgan fingerprint density at radius 3 is 2.72 bits per heavy atom. The molecule has 3 heterocycles. The van der Waals surface area contributed by atoms with Crippen LogP contribution in [-0.2, 0) is 7.05 Å². The molecular weight excluding hydrogens is 390 g/mol. The molecule has 0 aliphatic carbocycles. The van der Waals surface area contributed by atoms with E-state index in [2.05, 4.69) is 21.3 Å². The number of nitrogens with one attached hydrogen (secondary N) is 1. The first kappa shape index (κ1) is 20.8. The second-order valence-corrected chi connectivity index (χ2v) is 6.80. The molecule has 8 heteroatoms. The van der Waals surface area contributed by atoms with Crippen LogP contribution in [0.1, 0.15) is 11.6 Å². The molecule has 152 valence electrons. The van der Waals surface area contributed by atoms with Crippen molar-refractivity contribution in [2.24, 2.45) is 7.05 Å². The van der Waals surface area contributed by atoms with Gasteiger partial charge in [-0.3, -0.25) is 14.3 Å². The lowest BCUT2D eigenvalue weighted by Gasteiger charge is -2.35. The third-order valence-corrected chi connectivity index (χ3v) is 5.04. The van der Waals surface area contributed by atoms with Crippen molar-refractivity contribution in [1.29, 1.82) is 0 Å². The fourth-order valence-corrected chi connectivity index (χ4v) is 3.49. The molecule has 1 saturated heterocycles. The summed E-state index contributed by atoms with van der Waals surface area (Å²) in [5.41, 5.74) is 2.62. The lowest BCUT2D eigenvalue weighted by molar-refractivity contribution is 0.411. The second-order valence-electron chi connectivity index (χ2n) is 6.80. The molecule has 2 aromatic heterocycles. The number of hydrogen-bond donors (Lipinski definition) is 1. The molecule has 0 bridgehead atoms. The van der Waals surface area contributed by atoms with E-state index in [1.54, 1.807) is 37.2 Å². The topological polar surface area (TPSA) is 72.3 Å². The highest BCUT2D eigenvalue weighted by molar-refractivity contribution is 5.85. The van der Waals surface area contributed by atoms with E-state index in [1.165, 1.54) is 0 Å². The molecule has 1 atom stereocenters. The van der Waals surface area contributed by atoms with Gasteiger partial charge in [0, 0.05) is 50.7 Å². The van der Waals surface area contributed by atoms with Gasteiger partial charge < -0.3 is 15.0 Å². The number of aromatic nitrogens is 3. The van der Waals surface area contributed by atoms with Crippen molar-refractivity contribution in [3.63, 3.8) is 0 Å². The molecule has 1 aliphatic heterocycles. The quantitative estimate of drug-likeness (QED) is 0.708. The molecule has 0 spiro atoms. The Balaban J connectivity index is 0.00000240. The van der Waals surface area contributed by atoms with Crippen LogP contribution in [-0.4, -0.2) is 41.3 Å². The monoisotopic (exact) mass is 413 g/mol. The Labute approximate surface area is 175 Å². The first-order valence-corrected chi connectivity index (χ1v) is 9.26. The number of rotatable bonds is 4. The summed E-state index contributed by atoms with van der Waals surface area (Å²) in [4.78, 5) is 23.6. The van der Waals surface area contributed by atoms with E-state index in [9.17, 15) is 4.79 Å². The lowest BCUT2D eigenvalue weighted by atomic mass is 10.0. The second kappa shape index (κ2) is 9.07. The number of piperazine rings is 1. The summed E-state index contributed by atoms with van der Waals surface area (Å²) in [6.07, 6.45) is 3.41. The molecule has 0 amide bonds. The van der Waals surface area contributed by atoms with Gasteiger partial charge in [0.15, 0.2) is 0 Å². The first-order valence-electron chi connectivity index (χ1n) is 9.26. The van der Waals surface area contributed by atoms with Crippen LogP contribution >= 0.6 is 12.4 Å². The van der Waals surface area contributed by atoms with E-state index in [0.717, 1.165) is 30.0 Å². The van der Waals surface area contributed by atoms with E-state index in [1.807, 2.05) is 30.3 Å². The predicted molar refractivity (Wildman–Crippen MR) is 116 cm³/mol. The highest BCUT2D eigenvalue weighted by atomic mass is 35.5. The van der Waals surface area contributed by atoms with Crippen molar-refractivity contribution >= 4 is 18.4 Å². The maximum absolute atomic E-state index is 12.6. The van der Waals surface area contributed by atoms with Crippen LogP contribution in [0.5, 0.6) is 5.75 Å². The number of nitrogens with zero attached hydrogens (tertiary/aromatic N) is 4. The van der Waals surface area contributed by atoms with Crippen molar-refractivity contribution in [2.75, 3.05) is 31.6 Å². The third-order valence-electron chi connectivity index (χ3n) is 5.04. The number of pyridine rings is 1. The van der Waals surface area contributed by atoms with Crippen molar-refractivity contribution in [2.45, 2.75) is 6.04 Å². The highest BCUT2D eigenvalue weighted by Crippen LogP contribution is 2.25. The van der Waals surface area contributed by atoms with Crippen LogP contribution in [0.4, 0.5) is 5.95 Å². The molecular formula is C21H24ClN5O2. The number of ether oxygens (including phenoxy) is 1. The molecule has 1 N–H and O–H groups in total. The Kier molecular flexibility index (Phi) is 6.51. The van der Waals surface area contributed by atoms with Crippen molar-refractivity contribution < 1.29 is 4.74 Å². The minimum Gasteiger partial charge on any atom is -0.497 e. The highest BCUT2D eigenvalue weighted by Gasteiger charge is 2.24. The van der Waals surface area contributed by atoms with Crippen LogP contribution in [0.15, 0.2) is 59.7 Å². The molecule has 29 heavy (non-hydrogen) atoms. The van der Waals surface area contributed by atoms with Crippen LogP contribution in [0, 0.1) is 0 Å². The zero-order chi connectivity index (χ0) is 19.5. The maximum atomic E-state index is 12.6. The van der Waals surface area contributed by atoms with Crippen LogP contribution in [0.2, 0.25) is 0 Å². The molecule has 3 aromatic rings. The van der Waals surface area contributed by atoms with E-state index in [0.29, 0.717) is 18.2 Å². The fraction of sp³-hybridized carbons (Fsp3) is 0.286. The molecule has 7 nitrogen and oxygen atoms in total. The minimum absolute atomic E-state index is 0. The molecule has 1 unspecified atom stereocenters. The van der Waals surface area contributed by atoms with Crippen molar-refractivity contribution in [3.8, 4) is 17.0 Å². The van der Waals surface area contributed by atoms with Gasteiger partial charge in [0.2, 0.25) is 5.95 Å². The smallest absolute Gasteiger partial charge is 0.255 e. The summed E-state index contributed by atoms with van der Waals surface area (Å²) in [5, 5.41) is 3.55. The van der Waals surface area contributed by atoms with Crippen LogP contribution in [0.3, 0.4) is 0 Å². The summed E-state index contributed by atoms with van der Waals surface area (Å²) < 4.78 is 6.96. The standard InChI is InChI=1S/C21H23N5O2.ClH/c1-25-20(27)13-18(15-6-8-22-9-7-15)24-21(25)26-11-10-23-19(14-26)16-4-3-5-17(12-16)28-2;/h3-9,12-13,19,23H,10-11,14H2,1-2H3;1H. The van der Waals surface area contributed by atoms with E-state index >= 15 is 0 Å². The van der Waals surface area contributed by atoms with Crippen molar-refractivity contribution in [1.82, 2.24) is 19.9 Å². The number of anilines is 1. The van der Waals surface area contributed by atoms with Gasteiger partial charge in [0.05, 0.1) is 18.8 Å². The Hall–Kier alpha value is -2.90. The zero-order valence-electron chi connectivity index (χ0n) is 16.4. The minimum atomic E-state index is -0.0757. The molecule has 4 rings (SSSR count). The summed E-state index contributed by atoms with van der Waals surface area (Å²) in [7, 11) is 3.44. The largest absolute Gasteiger partial charge is 0.497 e. The predicted octanol–water partition coefficient (Wildman–Crippen LogP) is 2.42. The summed E-state index contributed by atoms with van der Waals surface area (Å²) in [6.45, 7) is 2.30. The molecule has 0 radical (unpaired) electrons. The van der Waals surface area contributed by atoms with Gasteiger partial charge in [-0.2, -0.15) is 0 Å². The lowest BCUT2D eigenvalue weighted by Crippen LogP contribution is -2.47. The van der Waals surface area contributed by atoms with Gasteiger partial charge in [0.1, 0.15) is 5.75 Å². The first-order chi connectivity index (χ1) is 13.7. The SMILES string of the molecule is COc1cccc(C2CN(c3nc(-c4ccncc4)cc(=O)n3C)CCN2)c1.Cl. The average Bonchev–Trinajstić information content (AvgIpc) is 2.76. The van der Waals surface area contributed by atoms with Crippen LogP contribution in [0.25, 0.3) is 11.3 Å². The molecule has 1 aliphatic rings. The summed E-state index contributed by atoms with van der Waals surface area (Å²) >= 11 is 0. The van der Waals surface area contributed by atoms with Gasteiger partial charge >= 0.3 is 0 Å². The van der Waals surface area contributed by atoms with Gasteiger partial charge in [0.25, 0.3) is 5.56 Å². The number of benzene rings is 1. The van der Waals surface area contributed by atoms with Crippen LogP contribution < -0.4 is 20.5 Å². The van der Waals surface area contributed by atoms with Gasteiger partial charge in [-0.05, 0) is 29.8 Å². The molecule has 1 fully saturated rings. The van der Waals surface area contributed by atoms with E-state index in [4.69, 9.17) is 9.72 Å². The molecule has 1 aromatic carbocycles. The van der Waals surface area contributed by atoms with Crippen molar-refractivity contribution in [3.05, 3.63) is 70.8 Å². The van der Waals surface area contributed by atoms with Gasteiger partial charge in [-0.15, -0.1) is 12.4 Å².